The first-order valence-electron chi connectivity index (χ1n) is 6.27. The Morgan fingerprint density at radius 3 is 3.00 bits per heavy atom. The topological polar surface area (TPSA) is 29.5 Å². The average Bonchev–Trinajstić information content (AvgIpc) is 2.26. The van der Waals surface area contributed by atoms with Gasteiger partial charge in [0.05, 0.1) is 18.8 Å². The molecule has 0 saturated heterocycles. The van der Waals surface area contributed by atoms with E-state index in [4.69, 9.17) is 4.74 Å². The lowest BCUT2D eigenvalue weighted by molar-refractivity contribution is 0.0964. The molecular weight excluding hydrogens is 200 g/mol. The molecule has 16 heavy (non-hydrogen) atoms. The van der Waals surface area contributed by atoms with Crippen molar-refractivity contribution in [2.24, 2.45) is 5.92 Å². The lowest BCUT2D eigenvalue weighted by Crippen LogP contribution is -2.18. The van der Waals surface area contributed by atoms with Crippen LogP contribution in [0.4, 0.5) is 0 Å². The standard InChI is InChI=1S/C14H24O2/c1-4-5-14(15)12(3)6-7-13-10-11(2)8-9-16-13/h6-8,12-15H,4-5,9-10H2,1-3H3/b7-6+/t12-,13+,14-/m0/s1. The van der Waals surface area contributed by atoms with E-state index in [-0.39, 0.29) is 18.1 Å². The van der Waals surface area contributed by atoms with Crippen LogP contribution in [0.1, 0.15) is 40.0 Å². The monoisotopic (exact) mass is 224 g/mol. The summed E-state index contributed by atoms with van der Waals surface area (Å²) in [5.41, 5.74) is 1.39. The molecule has 0 radical (unpaired) electrons. The van der Waals surface area contributed by atoms with E-state index < -0.39 is 0 Å². The number of hydrogen-bond acceptors (Lipinski definition) is 2. The quantitative estimate of drug-likeness (QED) is 0.727. The summed E-state index contributed by atoms with van der Waals surface area (Å²) in [6, 6.07) is 0. The Kier molecular flexibility index (Phi) is 5.78. The third-order valence-corrected chi connectivity index (χ3v) is 3.09. The molecule has 1 heterocycles. The van der Waals surface area contributed by atoms with Gasteiger partial charge in [-0.3, -0.25) is 0 Å². The Hall–Kier alpha value is -0.600. The number of aliphatic hydroxyl groups excluding tert-OH is 1. The molecule has 0 fully saturated rings. The molecule has 1 N–H and O–H groups in total. The van der Waals surface area contributed by atoms with Gasteiger partial charge in [-0.25, -0.2) is 0 Å². The molecule has 0 aliphatic carbocycles. The molecule has 0 amide bonds. The van der Waals surface area contributed by atoms with Gasteiger partial charge in [0.2, 0.25) is 0 Å². The van der Waals surface area contributed by atoms with Gasteiger partial charge in [0, 0.05) is 5.92 Å². The zero-order valence-electron chi connectivity index (χ0n) is 10.6. The fraction of sp³-hybridized carbons (Fsp3) is 0.714. The van der Waals surface area contributed by atoms with E-state index in [9.17, 15) is 5.11 Å². The number of rotatable bonds is 5. The van der Waals surface area contributed by atoms with E-state index >= 15 is 0 Å². The zero-order chi connectivity index (χ0) is 12.0. The Morgan fingerprint density at radius 1 is 1.62 bits per heavy atom. The van der Waals surface area contributed by atoms with Crippen LogP contribution in [0.2, 0.25) is 0 Å². The number of ether oxygens (including phenoxy) is 1. The Morgan fingerprint density at radius 2 is 2.38 bits per heavy atom. The SMILES string of the molecule is CCC[C@H](O)[C@@H](C)/C=C/[C@@H]1CC(C)=CCO1. The van der Waals surface area contributed by atoms with Crippen molar-refractivity contribution in [2.45, 2.75) is 52.2 Å². The minimum Gasteiger partial charge on any atom is -0.393 e. The van der Waals surface area contributed by atoms with E-state index in [1.54, 1.807) is 0 Å². The van der Waals surface area contributed by atoms with Gasteiger partial charge in [-0.2, -0.15) is 0 Å². The molecule has 0 aromatic rings. The molecule has 0 aromatic carbocycles. The first kappa shape index (κ1) is 13.5. The minimum atomic E-state index is -0.221. The van der Waals surface area contributed by atoms with Crippen LogP contribution >= 0.6 is 0 Å². The fourth-order valence-electron chi connectivity index (χ4n) is 1.88. The maximum atomic E-state index is 9.80. The maximum absolute atomic E-state index is 9.80. The highest BCUT2D eigenvalue weighted by atomic mass is 16.5. The third-order valence-electron chi connectivity index (χ3n) is 3.09. The normalized spacial score (nSPS) is 25.5. The molecule has 3 atom stereocenters. The van der Waals surface area contributed by atoms with E-state index in [1.807, 2.05) is 0 Å². The molecule has 2 nitrogen and oxygen atoms in total. The van der Waals surface area contributed by atoms with Crippen LogP contribution in [0.5, 0.6) is 0 Å². The average molecular weight is 224 g/mol. The van der Waals surface area contributed by atoms with Gasteiger partial charge in [0.15, 0.2) is 0 Å². The van der Waals surface area contributed by atoms with Crippen molar-refractivity contribution in [3.63, 3.8) is 0 Å². The summed E-state index contributed by atoms with van der Waals surface area (Å²) in [6.45, 7) is 7.01. The van der Waals surface area contributed by atoms with Gasteiger partial charge in [-0.05, 0) is 19.8 Å². The highest BCUT2D eigenvalue weighted by Crippen LogP contribution is 2.17. The van der Waals surface area contributed by atoms with Crippen molar-refractivity contribution in [1.29, 1.82) is 0 Å². The Bertz CT molecular complexity index is 255. The van der Waals surface area contributed by atoms with Crippen molar-refractivity contribution in [3.05, 3.63) is 23.8 Å². The molecule has 92 valence electrons. The smallest absolute Gasteiger partial charge is 0.0797 e. The van der Waals surface area contributed by atoms with Gasteiger partial charge in [-0.1, -0.05) is 44.1 Å². The zero-order valence-corrected chi connectivity index (χ0v) is 10.6. The lowest BCUT2D eigenvalue weighted by Gasteiger charge is -2.20. The molecule has 1 rings (SSSR count). The maximum Gasteiger partial charge on any atom is 0.0797 e. The molecule has 0 aromatic heterocycles. The van der Waals surface area contributed by atoms with Crippen molar-refractivity contribution in [3.8, 4) is 0 Å². The van der Waals surface area contributed by atoms with Gasteiger partial charge in [0.1, 0.15) is 0 Å². The lowest BCUT2D eigenvalue weighted by atomic mass is 9.98. The molecule has 0 spiro atoms. The van der Waals surface area contributed by atoms with Gasteiger partial charge in [-0.15, -0.1) is 0 Å². The minimum absolute atomic E-state index is 0.196. The second kappa shape index (κ2) is 6.87. The first-order chi connectivity index (χ1) is 7.63. The largest absolute Gasteiger partial charge is 0.393 e. The van der Waals surface area contributed by atoms with Crippen LogP contribution in [0.25, 0.3) is 0 Å². The van der Waals surface area contributed by atoms with Crippen LogP contribution < -0.4 is 0 Å². The van der Waals surface area contributed by atoms with E-state index in [0.717, 1.165) is 19.3 Å². The van der Waals surface area contributed by atoms with Gasteiger partial charge >= 0.3 is 0 Å². The third kappa shape index (κ3) is 4.50. The highest BCUT2D eigenvalue weighted by molar-refractivity contribution is 5.08. The van der Waals surface area contributed by atoms with Crippen molar-refractivity contribution in [1.82, 2.24) is 0 Å². The van der Waals surface area contributed by atoms with E-state index in [2.05, 4.69) is 39.0 Å². The predicted molar refractivity (Wildman–Crippen MR) is 67.3 cm³/mol. The molecular formula is C14H24O2. The van der Waals surface area contributed by atoms with E-state index in [0.29, 0.717) is 6.61 Å². The molecule has 0 bridgehead atoms. The van der Waals surface area contributed by atoms with Crippen LogP contribution in [0, 0.1) is 5.92 Å². The number of aliphatic hydroxyl groups is 1. The highest BCUT2D eigenvalue weighted by Gasteiger charge is 2.13. The van der Waals surface area contributed by atoms with Crippen LogP contribution in [-0.4, -0.2) is 23.9 Å². The Labute approximate surface area is 99.0 Å². The van der Waals surface area contributed by atoms with Crippen LogP contribution in [-0.2, 0) is 4.74 Å². The summed E-state index contributed by atoms with van der Waals surface area (Å²) in [5.74, 6) is 0.217. The summed E-state index contributed by atoms with van der Waals surface area (Å²) in [5, 5.41) is 9.80. The summed E-state index contributed by atoms with van der Waals surface area (Å²) in [7, 11) is 0. The second-order valence-corrected chi connectivity index (χ2v) is 4.73. The van der Waals surface area contributed by atoms with Crippen LogP contribution in [0.15, 0.2) is 23.8 Å². The Balaban J connectivity index is 2.38. The van der Waals surface area contributed by atoms with Crippen molar-refractivity contribution < 1.29 is 9.84 Å². The van der Waals surface area contributed by atoms with Gasteiger partial charge < -0.3 is 9.84 Å². The first-order valence-corrected chi connectivity index (χ1v) is 6.27. The molecule has 0 saturated carbocycles. The predicted octanol–water partition coefficient (Wildman–Crippen LogP) is 3.07. The summed E-state index contributed by atoms with van der Waals surface area (Å²) in [4.78, 5) is 0. The molecule has 0 unspecified atom stereocenters. The summed E-state index contributed by atoms with van der Waals surface area (Å²) < 4.78 is 5.59. The molecule has 1 aliphatic rings. The van der Waals surface area contributed by atoms with Crippen molar-refractivity contribution in [2.75, 3.05) is 6.61 Å². The van der Waals surface area contributed by atoms with Crippen LogP contribution in [0.3, 0.4) is 0 Å². The van der Waals surface area contributed by atoms with E-state index in [1.165, 1.54) is 5.57 Å². The fourth-order valence-corrected chi connectivity index (χ4v) is 1.88. The molecule has 2 heteroatoms. The van der Waals surface area contributed by atoms with Gasteiger partial charge in [0.25, 0.3) is 0 Å². The molecule has 1 aliphatic heterocycles. The van der Waals surface area contributed by atoms with Crippen molar-refractivity contribution >= 4 is 0 Å². The summed E-state index contributed by atoms with van der Waals surface area (Å²) in [6.07, 6.45) is 9.16. The summed E-state index contributed by atoms with van der Waals surface area (Å²) >= 11 is 0. The second-order valence-electron chi connectivity index (χ2n) is 4.73. The number of hydrogen-bond donors (Lipinski definition) is 1.